The first-order valence-corrected chi connectivity index (χ1v) is 9.18. The monoisotopic (exact) mass is 397 g/mol. The van der Waals surface area contributed by atoms with Crippen LogP contribution in [0.15, 0.2) is 60.0 Å². The fraction of sp³-hybridized carbons (Fsp3) is 0.238. The van der Waals surface area contributed by atoms with Crippen LogP contribution < -0.4 is 0 Å². The average Bonchev–Trinajstić information content (AvgIpc) is 3.12. The standard InChI is InChI=1S/C21H18F3N5/c1-14-11-18(29-20(28-14)8-10-27-29)16-5-3-2-4-9-25-17(16)12-15-6-7-19(26-13-15)21(22,23)24/h4-11,13H,2-3,12H2,1H3/b9-4+,16-5?,25-17?. The van der Waals surface area contributed by atoms with Crippen LogP contribution >= 0.6 is 0 Å². The van der Waals surface area contributed by atoms with Crippen LogP contribution in [-0.2, 0) is 12.6 Å². The summed E-state index contributed by atoms with van der Waals surface area (Å²) in [7, 11) is 0. The number of aromatic nitrogens is 4. The van der Waals surface area contributed by atoms with Gasteiger partial charge in [0.25, 0.3) is 0 Å². The number of allylic oxidation sites excluding steroid dienone is 3. The second-order valence-corrected chi connectivity index (χ2v) is 6.77. The van der Waals surface area contributed by atoms with E-state index in [0.717, 1.165) is 47.2 Å². The minimum absolute atomic E-state index is 0.353. The Balaban J connectivity index is 1.74. The maximum Gasteiger partial charge on any atom is 0.433 e. The lowest BCUT2D eigenvalue weighted by atomic mass is 9.97. The zero-order valence-electron chi connectivity index (χ0n) is 15.7. The number of rotatable bonds is 3. The lowest BCUT2D eigenvalue weighted by Gasteiger charge is -2.15. The summed E-state index contributed by atoms with van der Waals surface area (Å²) in [4.78, 5) is 12.6. The third kappa shape index (κ3) is 4.11. The van der Waals surface area contributed by atoms with Gasteiger partial charge in [-0.3, -0.25) is 9.98 Å². The maximum absolute atomic E-state index is 12.8. The fourth-order valence-corrected chi connectivity index (χ4v) is 3.24. The van der Waals surface area contributed by atoms with E-state index in [1.165, 1.54) is 12.3 Å². The molecule has 0 radical (unpaired) electrons. The van der Waals surface area contributed by atoms with Crippen molar-refractivity contribution in [2.24, 2.45) is 4.99 Å². The van der Waals surface area contributed by atoms with Crippen LogP contribution in [0.2, 0.25) is 0 Å². The molecule has 1 aliphatic heterocycles. The van der Waals surface area contributed by atoms with E-state index >= 15 is 0 Å². The number of aryl methyl sites for hydroxylation is 1. The lowest BCUT2D eigenvalue weighted by molar-refractivity contribution is -0.141. The number of halogens is 3. The lowest BCUT2D eigenvalue weighted by Crippen LogP contribution is -2.13. The second-order valence-electron chi connectivity index (χ2n) is 6.77. The summed E-state index contributed by atoms with van der Waals surface area (Å²) < 4.78 is 40.1. The molecule has 148 valence electrons. The van der Waals surface area contributed by atoms with Crippen molar-refractivity contribution in [1.29, 1.82) is 0 Å². The Morgan fingerprint density at radius 2 is 2.00 bits per heavy atom. The molecule has 0 saturated carbocycles. The zero-order chi connectivity index (χ0) is 20.4. The highest BCUT2D eigenvalue weighted by Crippen LogP contribution is 2.28. The van der Waals surface area contributed by atoms with Gasteiger partial charge in [-0.05, 0) is 37.5 Å². The van der Waals surface area contributed by atoms with Gasteiger partial charge in [-0.1, -0.05) is 18.2 Å². The molecule has 0 aromatic carbocycles. The maximum atomic E-state index is 12.8. The van der Waals surface area contributed by atoms with Crippen molar-refractivity contribution >= 4 is 16.9 Å². The third-order valence-corrected chi connectivity index (χ3v) is 4.58. The van der Waals surface area contributed by atoms with Gasteiger partial charge >= 0.3 is 6.18 Å². The molecule has 5 nitrogen and oxygen atoms in total. The topological polar surface area (TPSA) is 55.4 Å². The predicted molar refractivity (Wildman–Crippen MR) is 104 cm³/mol. The molecule has 29 heavy (non-hydrogen) atoms. The summed E-state index contributed by atoms with van der Waals surface area (Å²) in [6.45, 7) is 1.91. The Morgan fingerprint density at radius 3 is 2.76 bits per heavy atom. The summed E-state index contributed by atoms with van der Waals surface area (Å²) in [5.74, 6) is 0. The average molecular weight is 397 g/mol. The molecule has 0 N–H and O–H groups in total. The first-order chi connectivity index (χ1) is 13.9. The normalized spacial score (nSPS) is 16.1. The van der Waals surface area contributed by atoms with Gasteiger partial charge in [0.1, 0.15) is 5.69 Å². The number of aliphatic imine (C=N–C) groups is 1. The summed E-state index contributed by atoms with van der Waals surface area (Å²) >= 11 is 0. The Hall–Kier alpha value is -3.29. The molecule has 0 spiro atoms. The zero-order valence-corrected chi connectivity index (χ0v) is 15.7. The van der Waals surface area contributed by atoms with Crippen LogP contribution in [-0.4, -0.2) is 25.3 Å². The first-order valence-electron chi connectivity index (χ1n) is 9.18. The van der Waals surface area contributed by atoms with E-state index in [1.54, 1.807) is 16.9 Å². The molecule has 3 aromatic rings. The molecule has 0 saturated heterocycles. The summed E-state index contributed by atoms with van der Waals surface area (Å²) in [6.07, 6.45) is 6.33. The van der Waals surface area contributed by atoms with Crippen molar-refractivity contribution in [1.82, 2.24) is 19.6 Å². The van der Waals surface area contributed by atoms with Gasteiger partial charge in [-0.2, -0.15) is 18.3 Å². The Morgan fingerprint density at radius 1 is 1.14 bits per heavy atom. The van der Waals surface area contributed by atoms with E-state index in [-0.39, 0.29) is 0 Å². The molecule has 8 heteroatoms. The van der Waals surface area contributed by atoms with Gasteiger partial charge in [-0.15, -0.1) is 0 Å². The van der Waals surface area contributed by atoms with Gasteiger partial charge < -0.3 is 0 Å². The van der Waals surface area contributed by atoms with Gasteiger partial charge in [0.05, 0.1) is 17.6 Å². The molecule has 3 aromatic heterocycles. The number of fused-ring (bicyclic) bond motifs is 1. The number of hydrogen-bond donors (Lipinski definition) is 0. The second kappa shape index (κ2) is 7.62. The van der Waals surface area contributed by atoms with Crippen LogP contribution in [0.3, 0.4) is 0 Å². The molecule has 0 unspecified atom stereocenters. The number of pyridine rings is 1. The quantitative estimate of drug-likeness (QED) is 0.636. The van der Waals surface area contributed by atoms with E-state index in [2.05, 4.69) is 26.1 Å². The molecule has 0 bridgehead atoms. The molecule has 4 rings (SSSR count). The number of hydrogen-bond acceptors (Lipinski definition) is 4. The highest BCUT2D eigenvalue weighted by atomic mass is 19.4. The van der Waals surface area contributed by atoms with E-state index in [9.17, 15) is 13.2 Å². The molecule has 0 aliphatic carbocycles. The molecule has 1 aliphatic rings. The minimum Gasteiger partial charge on any atom is -0.261 e. The van der Waals surface area contributed by atoms with Crippen molar-refractivity contribution in [2.75, 3.05) is 0 Å². The highest BCUT2D eigenvalue weighted by Gasteiger charge is 2.32. The van der Waals surface area contributed by atoms with Crippen LogP contribution in [0.1, 0.15) is 35.5 Å². The van der Waals surface area contributed by atoms with E-state index in [0.29, 0.717) is 12.0 Å². The Labute approximate surface area is 165 Å². The van der Waals surface area contributed by atoms with E-state index < -0.39 is 11.9 Å². The molecular weight excluding hydrogens is 379 g/mol. The molecule has 4 heterocycles. The van der Waals surface area contributed by atoms with Crippen molar-refractivity contribution in [2.45, 2.75) is 32.4 Å². The minimum atomic E-state index is -4.45. The van der Waals surface area contributed by atoms with E-state index in [4.69, 9.17) is 0 Å². The summed E-state index contributed by atoms with van der Waals surface area (Å²) in [5.41, 5.74) is 3.82. The van der Waals surface area contributed by atoms with Crippen molar-refractivity contribution in [3.63, 3.8) is 0 Å². The van der Waals surface area contributed by atoms with Gasteiger partial charge in [0, 0.05) is 36.2 Å². The Kier molecular flexibility index (Phi) is 5.00. The van der Waals surface area contributed by atoms with Crippen molar-refractivity contribution in [3.05, 3.63) is 77.7 Å². The molecule has 0 atom stereocenters. The Bertz CT molecular complexity index is 1120. The SMILES string of the molecule is Cc1cc(C2=CCC/C=C/N=C2Cc2ccc(C(F)(F)F)nc2)n2nccc2n1. The van der Waals surface area contributed by atoms with Gasteiger partial charge in [0.15, 0.2) is 5.65 Å². The third-order valence-electron chi connectivity index (χ3n) is 4.58. The van der Waals surface area contributed by atoms with Crippen LogP contribution in [0, 0.1) is 6.92 Å². The smallest absolute Gasteiger partial charge is 0.261 e. The van der Waals surface area contributed by atoms with Crippen LogP contribution in [0.25, 0.3) is 11.2 Å². The largest absolute Gasteiger partial charge is 0.433 e. The summed E-state index contributed by atoms with van der Waals surface area (Å²) in [5, 5.41) is 4.37. The molecule has 0 fully saturated rings. The number of nitrogens with zero attached hydrogens (tertiary/aromatic N) is 5. The first kappa shape index (κ1) is 19.0. The van der Waals surface area contributed by atoms with E-state index in [1.807, 2.05) is 25.1 Å². The van der Waals surface area contributed by atoms with Crippen molar-refractivity contribution < 1.29 is 13.2 Å². The van der Waals surface area contributed by atoms with Crippen LogP contribution in [0.4, 0.5) is 13.2 Å². The molecule has 0 amide bonds. The van der Waals surface area contributed by atoms with Gasteiger partial charge in [0.2, 0.25) is 0 Å². The molecular formula is C21H18F3N5. The van der Waals surface area contributed by atoms with Gasteiger partial charge in [-0.25, -0.2) is 9.50 Å². The predicted octanol–water partition coefficient (Wildman–Crippen LogP) is 4.83. The number of alkyl halides is 3. The van der Waals surface area contributed by atoms with Crippen molar-refractivity contribution in [3.8, 4) is 0 Å². The fourth-order valence-electron chi connectivity index (χ4n) is 3.24. The summed E-state index contributed by atoms with van der Waals surface area (Å²) in [6, 6.07) is 6.22. The highest BCUT2D eigenvalue weighted by molar-refractivity contribution is 6.24. The van der Waals surface area contributed by atoms with Crippen LogP contribution in [0.5, 0.6) is 0 Å².